The number of nitrogens with one attached hydrogen (secondary N) is 3. The lowest BCUT2D eigenvalue weighted by atomic mass is 9.81. The van der Waals surface area contributed by atoms with Crippen molar-refractivity contribution in [3.63, 3.8) is 0 Å². The molecule has 4 rings (SSSR count). The largest absolute Gasteiger partial charge is 0.376 e. The smallest absolute Gasteiger partial charge is 0.251 e. The number of benzene rings is 1. The van der Waals surface area contributed by atoms with Crippen molar-refractivity contribution in [2.45, 2.75) is 18.5 Å². The van der Waals surface area contributed by atoms with Gasteiger partial charge >= 0.3 is 0 Å². The Morgan fingerprint density at radius 3 is 2.93 bits per heavy atom. The molecule has 6 nitrogen and oxygen atoms in total. The van der Waals surface area contributed by atoms with Gasteiger partial charge in [-0.15, -0.1) is 0 Å². The zero-order chi connectivity index (χ0) is 18.8. The van der Waals surface area contributed by atoms with Gasteiger partial charge in [-0.2, -0.15) is 0 Å². The summed E-state index contributed by atoms with van der Waals surface area (Å²) in [7, 11) is 4.00. The van der Waals surface area contributed by atoms with Crippen LogP contribution >= 0.6 is 0 Å². The standard InChI is InChI=1S/C21H27N5O/c1-26(2)12-11-24-21(27)14-6-7-17-16(13-14)19-15(8-10-23-19)20(25-17)18-5-3-4-9-22-18/h3-7,9,13,15,19-20,23,25H,8,10-12H2,1-2H3,(H,24,27). The minimum atomic E-state index is -0.0129. The van der Waals surface area contributed by atoms with Crippen molar-refractivity contribution >= 4 is 11.6 Å². The molecule has 2 aliphatic heterocycles. The zero-order valence-corrected chi connectivity index (χ0v) is 15.9. The van der Waals surface area contributed by atoms with E-state index < -0.39 is 0 Å². The summed E-state index contributed by atoms with van der Waals surface area (Å²) in [6, 6.07) is 12.5. The van der Waals surface area contributed by atoms with Crippen LogP contribution in [0.3, 0.4) is 0 Å². The summed E-state index contributed by atoms with van der Waals surface area (Å²) >= 11 is 0. The third-order valence-electron chi connectivity index (χ3n) is 5.51. The molecule has 2 aromatic rings. The van der Waals surface area contributed by atoms with Crippen LogP contribution in [-0.2, 0) is 0 Å². The molecule has 0 bridgehead atoms. The zero-order valence-electron chi connectivity index (χ0n) is 15.9. The second-order valence-corrected chi connectivity index (χ2v) is 7.62. The Bertz CT molecular complexity index is 807. The van der Waals surface area contributed by atoms with Crippen LogP contribution in [0.1, 0.15) is 40.1 Å². The van der Waals surface area contributed by atoms with E-state index in [0.29, 0.717) is 12.5 Å². The molecule has 3 unspecified atom stereocenters. The first-order chi connectivity index (χ1) is 13.1. The van der Waals surface area contributed by atoms with Gasteiger partial charge in [-0.25, -0.2) is 0 Å². The molecule has 3 heterocycles. The summed E-state index contributed by atoms with van der Waals surface area (Å²) < 4.78 is 0. The molecule has 142 valence electrons. The van der Waals surface area contributed by atoms with Crippen LogP contribution in [0.5, 0.6) is 0 Å². The number of carbonyl (C=O) groups excluding carboxylic acids is 1. The normalized spacial score (nSPS) is 23.4. The van der Waals surface area contributed by atoms with Gasteiger partial charge in [-0.1, -0.05) is 6.07 Å². The molecule has 1 fully saturated rings. The average molecular weight is 365 g/mol. The number of fused-ring (bicyclic) bond motifs is 3. The average Bonchev–Trinajstić information content (AvgIpc) is 3.17. The summed E-state index contributed by atoms with van der Waals surface area (Å²) in [5, 5.41) is 10.3. The third kappa shape index (κ3) is 3.68. The van der Waals surface area contributed by atoms with Crippen molar-refractivity contribution in [2.24, 2.45) is 5.92 Å². The number of nitrogens with zero attached hydrogens (tertiary/aromatic N) is 2. The molecule has 1 saturated heterocycles. The van der Waals surface area contributed by atoms with Gasteiger partial charge in [0.25, 0.3) is 5.91 Å². The van der Waals surface area contributed by atoms with Crippen molar-refractivity contribution in [3.8, 4) is 0 Å². The van der Waals surface area contributed by atoms with Crippen LogP contribution in [0, 0.1) is 5.92 Å². The summed E-state index contributed by atoms with van der Waals surface area (Å²) in [6.45, 7) is 2.46. The molecule has 2 aliphatic rings. The second kappa shape index (κ2) is 7.66. The summed E-state index contributed by atoms with van der Waals surface area (Å²) in [5.74, 6) is 0.417. The van der Waals surface area contributed by atoms with E-state index in [2.05, 4.69) is 31.9 Å². The maximum absolute atomic E-state index is 12.5. The lowest BCUT2D eigenvalue weighted by Gasteiger charge is -2.36. The summed E-state index contributed by atoms with van der Waals surface area (Å²) in [6.07, 6.45) is 2.95. The number of aromatic nitrogens is 1. The van der Waals surface area contributed by atoms with E-state index >= 15 is 0 Å². The molecule has 27 heavy (non-hydrogen) atoms. The monoisotopic (exact) mass is 365 g/mol. The molecule has 1 aromatic carbocycles. The number of hydrogen-bond donors (Lipinski definition) is 3. The first-order valence-corrected chi connectivity index (χ1v) is 9.61. The molecule has 0 saturated carbocycles. The van der Waals surface area contributed by atoms with Gasteiger partial charge in [0.1, 0.15) is 0 Å². The number of likely N-dealkylation sites (N-methyl/N-ethyl adjacent to an activating group) is 1. The van der Waals surface area contributed by atoms with Crippen LogP contribution in [0.15, 0.2) is 42.6 Å². The van der Waals surface area contributed by atoms with E-state index in [1.165, 1.54) is 5.56 Å². The number of carbonyl (C=O) groups is 1. The minimum Gasteiger partial charge on any atom is -0.376 e. The molecule has 3 N–H and O–H groups in total. The molecule has 6 heteroatoms. The molecule has 0 radical (unpaired) electrons. The van der Waals surface area contributed by atoms with Gasteiger partial charge in [0.2, 0.25) is 0 Å². The van der Waals surface area contributed by atoms with E-state index in [9.17, 15) is 4.79 Å². The predicted octanol–water partition coefficient (Wildman–Crippen LogP) is 2.19. The minimum absolute atomic E-state index is 0.0129. The summed E-state index contributed by atoms with van der Waals surface area (Å²) in [4.78, 5) is 19.1. The van der Waals surface area contributed by atoms with Crippen LogP contribution in [0.4, 0.5) is 5.69 Å². The van der Waals surface area contributed by atoms with Crippen molar-refractivity contribution in [3.05, 3.63) is 59.4 Å². The topological polar surface area (TPSA) is 69.3 Å². The van der Waals surface area contributed by atoms with Gasteiger partial charge in [0.15, 0.2) is 0 Å². The van der Waals surface area contributed by atoms with Crippen molar-refractivity contribution in [2.75, 3.05) is 39.0 Å². The third-order valence-corrected chi connectivity index (χ3v) is 5.51. The Morgan fingerprint density at radius 1 is 1.26 bits per heavy atom. The summed E-state index contributed by atoms with van der Waals surface area (Å²) in [5.41, 5.74) is 4.07. The fourth-order valence-corrected chi connectivity index (χ4v) is 4.14. The SMILES string of the molecule is CN(C)CCNC(=O)c1ccc2c(c1)C1NCCC1C(c1ccccn1)N2. The highest BCUT2D eigenvalue weighted by molar-refractivity contribution is 5.95. The van der Waals surface area contributed by atoms with E-state index in [-0.39, 0.29) is 18.0 Å². The van der Waals surface area contributed by atoms with Gasteiger partial charge < -0.3 is 20.9 Å². The Kier molecular flexibility index (Phi) is 5.09. The van der Waals surface area contributed by atoms with Gasteiger partial charge in [-0.05, 0) is 63.0 Å². The molecule has 1 aromatic heterocycles. The molecule has 0 spiro atoms. The van der Waals surface area contributed by atoms with E-state index in [0.717, 1.165) is 36.5 Å². The Morgan fingerprint density at radius 2 is 2.15 bits per heavy atom. The lowest BCUT2D eigenvalue weighted by molar-refractivity contribution is 0.0951. The van der Waals surface area contributed by atoms with Crippen LogP contribution < -0.4 is 16.0 Å². The van der Waals surface area contributed by atoms with Crippen molar-refractivity contribution in [1.82, 2.24) is 20.5 Å². The number of amides is 1. The highest BCUT2D eigenvalue weighted by Gasteiger charge is 2.40. The number of rotatable bonds is 5. The fraction of sp³-hybridized carbons (Fsp3) is 0.429. The molecular weight excluding hydrogens is 338 g/mol. The van der Waals surface area contributed by atoms with Gasteiger partial charge in [0, 0.05) is 42.5 Å². The molecular formula is C21H27N5O. The molecule has 0 aliphatic carbocycles. The number of pyridine rings is 1. The fourth-order valence-electron chi connectivity index (χ4n) is 4.14. The van der Waals surface area contributed by atoms with Gasteiger partial charge in [0.05, 0.1) is 11.7 Å². The van der Waals surface area contributed by atoms with E-state index in [1.807, 2.05) is 50.6 Å². The Hall–Kier alpha value is -2.44. The van der Waals surface area contributed by atoms with E-state index in [1.54, 1.807) is 0 Å². The Labute approximate surface area is 160 Å². The van der Waals surface area contributed by atoms with Crippen molar-refractivity contribution < 1.29 is 4.79 Å². The van der Waals surface area contributed by atoms with Crippen LogP contribution in [-0.4, -0.2) is 49.5 Å². The molecule has 1 amide bonds. The second-order valence-electron chi connectivity index (χ2n) is 7.62. The maximum atomic E-state index is 12.5. The first kappa shape index (κ1) is 17.9. The molecule has 3 atom stereocenters. The lowest BCUT2D eigenvalue weighted by Crippen LogP contribution is -2.34. The van der Waals surface area contributed by atoms with Crippen LogP contribution in [0.25, 0.3) is 0 Å². The maximum Gasteiger partial charge on any atom is 0.251 e. The first-order valence-electron chi connectivity index (χ1n) is 9.61. The van der Waals surface area contributed by atoms with Crippen LogP contribution in [0.2, 0.25) is 0 Å². The number of anilines is 1. The number of hydrogen-bond acceptors (Lipinski definition) is 5. The van der Waals surface area contributed by atoms with Crippen molar-refractivity contribution in [1.29, 1.82) is 0 Å². The predicted molar refractivity (Wildman–Crippen MR) is 107 cm³/mol. The quantitative estimate of drug-likeness (QED) is 0.758. The van der Waals surface area contributed by atoms with E-state index in [4.69, 9.17) is 0 Å². The van der Waals surface area contributed by atoms with Gasteiger partial charge in [-0.3, -0.25) is 9.78 Å². The highest BCUT2D eigenvalue weighted by atomic mass is 16.1. The highest BCUT2D eigenvalue weighted by Crippen LogP contribution is 2.46. The Balaban J connectivity index is 1.57.